The molecule has 0 aliphatic heterocycles. The summed E-state index contributed by atoms with van der Waals surface area (Å²) in [5.74, 6) is 0. The van der Waals surface area contributed by atoms with E-state index in [1.165, 1.54) is 21.2 Å². The molecule has 2 aromatic rings. The molecule has 0 saturated carbocycles. The lowest BCUT2D eigenvalue weighted by atomic mass is 10.1. The van der Waals surface area contributed by atoms with E-state index >= 15 is 0 Å². The maximum Gasteiger partial charge on any atom is 0.0807 e. The van der Waals surface area contributed by atoms with Gasteiger partial charge in [-0.05, 0) is 36.2 Å². The van der Waals surface area contributed by atoms with Gasteiger partial charge in [0.15, 0.2) is 0 Å². The van der Waals surface area contributed by atoms with E-state index in [-0.39, 0.29) is 4.71 Å². The van der Waals surface area contributed by atoms with Crippen molar-refractivity contribution >= 4 is 34.1 Å². The summed E-state index contributed by atoms with van der Waals surface area (Å²) >= 11 is 7.70. The van der Waals surface area contributed by atoms with Gasteiger partial charge in [-0.25, -0.2) is 0 Å². The lowest BCUT2D eigenvalue weighted by molar-refractivity contribution is 1.30. The van der Waals surface area contributed by atoms with Crippen molar-refractivity contribution in [3.8, 4) is 0 Å². The highest BCUT2D eigenvalue weighted by atomic mass is 35.5. The van der Waals surface area contributed by atoms with Crippen molar-refractivity contribution in [1.29, 1.82) is 0 Å². The third kappa shape index (κ3) is 2.47. The van der Waals surface area contributed by atoms with Gasteiger partial charge in [-0.3, -0.25) is 0 Å². The second kappa shape index (κ2) is 4.46. The Morgan fingerprint density at radius 2 is 1.73 bits per heavy atom. The molecule has 2 rings (SSSR count). The van der Waals surface area contributed by atoms with E-state index < -0.39 is 0 Å². The van der Waals surface area contributed by atoms with E-state index in [2.05, 4.69) is 43.3 Å². The third-order valence-corrected chi connectivity index (χ3v) is 3.62. The molecule has 0 aromatic heterocycles. The van der Waals surface area contributed by atoms with E-state index in [0.717, 1.165) is 0 Å². The van der Waals surface area contributed by atoms with Crippen LogP contribution in [0.5, 0.6) is 0 Å². The minimum absolute atomic E-state index is 0.116. The number of halogens is 1. The molecule has 1 unspecified atom stereocenters. The molecule has 1 atom stereocenters. The maximum absolute atomic E-state index is 6.00. The van der Waals surface area contributed by atoms with Crippen LogP contribution >= 0.6 is 23.4 Å². The fraction of sp³-hybridized carbons (Fsp3) is 0.231. The Bertz CT molecular complexity index is 477. The molecule has 0 aliphatic carbocycles. The number of alkyl halides is 1. The van der Waals surface area contributed by atoms with Gasteiger partial charge in [-0.2, -0.15) is 0 Å². The minimum Gasteiger partial charge on any atom is -0.111 e. The summed E-state index contributed by atoms with van der Waals surface area (Å²) in [6.45, 7) is 4.13. The molecule has 0 aliphatic rings. The number of benzene rings is 2. The highest BCUT2D eigenvalue weighted by Gasteiger charge is 2.04. The van der Waals surface area contributed by atoms with E-state index in [4.69, 9.17) is 11.6 Å². The van der Waals surface area contributed by atoms with Crippen LogP contribution < -0.4 is 0 Å². The zero-order valence-corrected chi connectivity index (χ0v) is 10.4. The van der Waals surface area contributed by atoms with Crippen LogP contribution in [0.4, 0.5) is 0 Å². The van der Waals surface area contributed by atoms with Crippen molar-refractivity contribution < 1.29 is 0 Å². The molecule has 0 fully saturated rings. The van der Waals surface area contributed by atoms with Gasteiger partial charge in [-0.15, -0.1) is 23.4 Å². The maximum atomic E-state index is 6.00. The van der Waals surface area contributed by atoms with E-state index in [9.17, 15) is 0 Å². The SMILES string of the molecule is Cc1cc2ccccc2cc1SC(C)Cl. The second-order valence-electron chi connectivity index (χ2n) is 3.63. The Morgan fingerprint density at radius 3 is 2.33 bits per heavy atom. The summed E-state index contributed by atoms with van der Waals surface area (Å²) in [6, 6.07) is 12.8. The summed E-state index contributed by atoms with van der Waals surface area (Å²) in [6.07, 6.45) is 0. The Kier molecular flexibility index (Phi) is 3.22. The lowest BCUT2D eigenvalue weighted by Crippen LogP contribution is -1.86. The van der Waals surface area contributed by atoms with Crippen LogP contribution in [-0.4, -0.2) is 4.71 Å². The van der Waals surface area contributed by atoms with Crippen LogP contribution in [0, 0.1) is 6.92 Å². The molecule has 2 heteroatoms. The van der Waals surface area contributed by atoms with Crippen LogP contribution in [0.3, 0.4) is 0 Å². The van der Waals surface area contributed by atoms with Gasteiger partial charge in [-0.1, -0.05) is 30.3 Å². The number of rotatable bonds is 2. The van der Waals surface area contributed by atoms with Crippen LogP contribution in [0.1, 0.15) is 12.5 Å². The van der Waals surface area contributed by atoms with E-state index in [0.29, 0.717) is 0 Å². The van der Waals surface area contributed by atoms with Crippen molar-refractivity contribution in [1.82, 2.24) is 0 Å². The molecule has 0 nitrogen and oxygen atoms in total. The first kappa shape index (κ1) is 10.8. The van der Waals surface area contributed by atoms with Gasteiger partial charge in [0.05, 0.1) is 4.71 Å². The van der Waals surface area contributed by atoms with Crippen LogP contribution in [0.15, 0.2) is 41.3 Å². The van der Waals surface area contributed by atoms with Crippen LogP contribution in [0.25, 0.3) is 10.8 Å². The first-order valence-electron chi connectivity index (χ1n) is 4.97. The van der Waals surface area contributed by atoms with Crippen LogP contribution in [0.2, 0.25) is 0 Å². The highest BCUT2D eigenvalue weighted by Crippen LogP contribution is 2.31. The fourth-order valence-corrected chi connectivity index (χ4v) is 2.71. The lowest BCUT2D eigenvalue weighted by Gasteiger charge is -2.08. The molecular weight excluding hydrogens is 224 g/mol. The summed E-state index contributed by atoms with van der Waals surface area (Å²) in [4.78, 5) is 1.27. The molecule has 0 heterocycles. The Labute approximate surface area is 99.6 Å². The van der Waals surface area contributed by atoms with E-state index in [1.54, 1.807) is 11.8 Å². The molecule has 0 bridgehead atoms. The first-order valence-corrected chi connectivity index (χ1v) is 6.28. The highest BCUT2D eigenvalue weighted by molar-refractivity contribution is 8.01. The van der Waals surface area contributed by atoms with Crippen LogP contribution in [-0.2, 0) is 0 Å². The van der Waals surface area contributed by atoms with Crippen molar-refractivity contribution in [2.45, 2.75) is 23.5 Å². The predicted molar refractivity (Wildman–Crippen MR) is 69.9 cm³/mol. The zero-order chi connectivity index (χ0) is 10.8. The number of fused-ring (bicyclic) bond motifs is 1. The molecule has 0 N–H and O–H groups in total. The number of hydrogen-bond donors (Lipinski definition) is 0. The van der Waals surface area contributed by atoms with Gasteiger partial charge in [0.1, 0.15) is 0 Å². The zero-order valence-electron chi connectivity index (χ0n) is 8.83. The molecule has 15 heavy (non-hydrogen) atoms. The van der Waals surface area contributed by atoms with E-state index in [1.807, 2.05) is 6.92 Å². The molecular formula is C13H13ClS. The van der Waals surface area contributed by atoms with Gasteiger partial charge in [0.25, 0.3) is 0 Å². The Morgan fingerprint density at radius 1 is 1.13 bits per heavy atom. The molecule has 2 aromatic carbocycles. The van der Waals surface area contributed by atoms with Gasteiger partial charge >= 0.3 is 0 Å². The van der Waals surface area contributed by atoms with Gasteiger partial charge < -0.3 is 0 Å². The average molecular weight is 237 g/mol. The second-order valence-corrected chi connectivity index (χ2v) is 5.92. The largest absolute Gasteiger partial charge is 0.111 e. The molecule has 0 radical (unpaired) electrons. The average Bonchev–Trinajstić information content (AvgIpc) is 2.18. The normalized spacial score (nSPS) is 13.0. The summed E-state index contributed by atoms with van der Waals surface area (Å²) in [7, 11) is 0. The predicted octanol–water partition coefficient (Wildman–Crippen LogP) is 4.83. The van der Waals surface area contributed by atoms with Gasteiger partial charge in [0.2, 0.25) is 0 Å². The Hall–Kier alpha value is -0.660. The number of thioether (sulfide) groups is 1. The number of hydrogen-bond acceptors (Lipinski definition) is 1. The summed E-state index contributed by atoms with van der Waals surface area (Å²) in [5.41, 5.74) is 1.30. The Balaban J connectivity index is 2.52. The molecule has 0 spiro atoms. The summed E-state index contributed by atoms with van der Waals surface area (Å²) in [5, 5.41) is 2.57. The third-order valence-electron chi connectivity index (χ3n) is 2.33. The standard InChI is InChI=1S/C13H13ClS/c1-9-7-11-5-3-4-6-12(11)8-13(9)15-10(2)14/h3-8,10H,1-2H3. The molecule has 0 amide bonds. The van der Waals surface area contributed by atoms with Crippen molar-refractivity contribution in [2.75, 3.05) is 0 Å². The molecule has 0 saturated heterocycles. The minimum atomic E-state index is 0.116. The molecule has 78 valence electrons. The smallest absolute Gasteiger partial charge is 0.0807 e. The van der Waals surface area contributed by atoms with Gasteiger partial charge in [0, 0.05) is 4.90 Å². The van der Waals surface area contributed by atoms with Crippen molar-refractivity contribution in [2.24, 2.45) is 0 Å². The first-order chi connectivity index (χ1) is 7.16. The topological polar surface area (TPSA) is 0 Å². The van der Waals surface area contributed by atoms with Crippen molar-refractivity contribution in [3.05, 3.63) is 42.0 Å². The number of aryl methyl sites for hydroxylation is 1. The quantitative estimate of drug-likeness (QED) is 0.532. The summed E-state index contributed by atoms with van der Waals surface area (Å²) < 4.78 is 0.116. The van der Waals surface area contributed by atoms with Crippen molar-refractivity contribution in [3.63, 3.8) is 0 Å². The fourth-order valence-electron chi connectivity index (χ4n) is 1.64. The monoisotopic (exact) mass is 236 g/mol.